The number of anilines is 1. The van der Waals surface area contributed by atoms with Gasteiger partial charge in [-0.25, -0.2) is 0 Å². The van der Waals surface area contributed by atoms with E-state index in [1.807, 2.05) is 0 Å². The Morgan fingerprint density at radius 3 is 2.88 bits per heavy atom. The first kappa shape index (κ1) is 11.5. The fraction of sp³-hybridized carbons (Fsp3) is 0.571. The van der Waals surface area contributed by atoms with E-state index in [9.17, 15) is 0 Å². The summed E-state index contributed by atoms with van der Waals surface area (Å²) in [6.45, 7) is 8.41. The van der Waals surface area contributed by atoms with Crippen LogP contribution < -0.4 is 5.32 Å². The number of ether oxygens (including phenoxy) is 1. The van der Waals surface area contributed by atoms with Gasteiger partial charge < -0.3 is 10.1 Å². The summed E-state index contributed by atoms with van der Waals surface area (Å²) >= 11 is 0. The molecule has 0 spiro atoms. The normalized spacial score (nSPS) is 22.1. The molecule has 1 aromatic rings. The van der Waals surface area contributed by atoms with Crippen LogP contribution in [0, 0.1) is 19.8 Å². The van der Waals surface area contributed by atoms with Crippen molar-refractivity contribution < 1.29 is 4.74 Å². The van der Waals surface area contributed by atoms with E-state index in [-0.39, 0.29) is 0 Å². The average Bonchev–Trinajstić information content (AvgIpc) is 2.78. The van der Waals surface area contributed by atoms with E-state index in [2.05, 4.69) is 44.3 Å². The number of aryl methyl sites for hydroxylation is 1. The van der Waals surface area contributed by atoms with Gasteiger partial charge in [-0.15, -0.1) is 0 Å². The molecule has 0 bridgehead atoms. The molecule has 1 saturated heterocycles. The lowest BCUT2D eigenvalue weighted by Gasteiger charge is -2.22. The second-order valence-corrected chi connectivity index (χ2v) is 4.80. The van der Waals surface area contributed by atoms with Crippen molar-refractivity contribution in [2.75, 3.05) is 18.5 Å². The Bertz CT molecular complexity index is 356. The van der Waals surface area contributed by atoms with E-state index in [0.717, 1.165) is 13.2 Å². The molecule has 2 rings (SSSR count). The molecule has 0 aliphatic carbocycles. The topological polar surface area (TPSA) is 21.3 Å². The summed E-state index contributed by atoms with van der Waals surface area (Å²) in [6.07, 6.45) is 1.18. The number of hydrogen-bond acceptors (Lipinski definition) is 2. The molecule has 1 N–H and O–H groups in total. The Labute approximate surface area is 98.0 Å². The summed E-state index contributed by atoms with van der Waals surface area (Å²) in [5.74, 6) is 0.653. The van der Waals surface area contributed by atoms with Crippen molar-refractivity contribution >= 4 is 5.69 Å². The van der Waals surface area contributed by atoms with Crippen LogP contribution in [0.4, 0.5) is 5.69 Å². The molecule has 2 atom stereocenters. The van der Waals surface area contributed by atoms with Crippen molar-refractivity contribution in [3.05, 3.63) is 29.3 Å². The molecular formula is C14H21NO. The third-order valence-electron chi connectivity index (χ3n) is 3.66. The lowest BCUT2D eigenvalue weighted by Crippen LogP contribution is -2.26. The molecule has 1 aromatic carbocycles. The predicted molar refractivity (Wildman–Crippen MR) is 67.9 cm³/mol. The first-order chi connectivity index (χ1) is 7.68. The van der Waals surface area contributed by atoms with Gasteiger partial charge in [-0.3, -0.25) is 0 Å². The lowest BCUT2D eigenvalue weighted by molar-refractivity contribution is 0.183. The van der Waals surface area contributed by atoms with E-state index < -0.39 is 0 Å². The van der Waals surface area contributed by atoms with Crippen LogP contribution in [0.2, 0.25) is 0 Å². The predicted octanol–water partition coefficient (Wildman–Crippen LogP) is 3.14. The fourth-order valence-electron chi connectivity index (χ4n) is 2.22. The molecule has 1 aliphatic rings. The summed E-state index contributed by atoms with van der Waals surface area (Å²) in [4.78, 5) is 0. The quantitative estimate of drug-likeness (QED) is 0.843. The zero-order valence-electron chi connectivity index (χ0n) is 10.4. The second-order valence-electron chi connectivity index (χ2n) is 4.80. The van der Waals surface area contributed by atoms with Crippen LogP contribution in [0.3, 0.4) is 0 Å². The van der Waals surface area contributed by atoms with Crippen LogP contribution in [0.25, 0.3) is 0 Å². The smallest absolute Gasteiger partial charge is 0.0514 e. The van der Waals surface area contributed by atoms with Crippen LogP contribution in [0.1, 0.15) is 24.5 Å². The highest BCUT2D eigenvalue weighted by molar-refractivity contribution is 5.54. The van der Waals surface area contributed by atoms with Gasteiger partial charge in [0.25, 0.3) is 0 Å². The third kappa shape index (κ3) is 2.38. The van der Waals surface area contributed by atoms with Gasteiger partial charge in [-0.2, -0.15) is 0 Å². The first-order valence-electron chi connectivity index (χ1n) is 6.09. The fourth-order valence-corrected chi connectivity index (χ4v) is 2.22. The van der Waals surface area contributed by atoms with Gasteiger partial charge in [0, 0.05) is 24.3 Å². The molecular weight excluding hydrogens is 198 g/mol. The lowest BCUT2D eigenvalue weighted by atomic mass is 9.99. The Morgan fingerprint density at radius 1 is 1.38 bits per heavy atom. The van der Waals surface area contributed by atoms with E-state index in [4.69, 9.17) is 4.74 Å². The molecule has 1 heterocycles. The molecule has 88 valence electrons. The summed E-state index contributed by atoms with van der Waals surface area (Å²) in [7, 11) is 0. The maximum absolute atomic E-state index is 5.43. The molecule has 16 heavy (non-hydrogen) atoms. The maximum Gasteiger partial charge on any atom is 0.0514 e. The Morgan fingerprint density at radius 2 is 2.19 bits per heavy atom. The van der Waals surface area contributed by atoms with Crippen LogP contribution in [0.5, 0.6) is 0 Å². The van der Waals surface area contributed by atoms with Gasteiger partial charge >= 0.3 is 0 Å². The van der Waals surface area contributed by atoms with Crippen LogP contribution in [-0.2, 0) is 4.74 Å². The largest absolute Gasteiger partial charge is 0.382 e. The maximum atomic E-state index is 5.43. The number of nitrogens with one attached hydrogen (secondary N) is 1. The van der Waals surface area contributed by atoms with Gasteiger partial charge in [0.2, 0.25) is 0 Å². The summed E-state index contributed by atoms with van der Waals surface area (Å²) in [6, 6.07) is 6.92. The van der Waals surface area contributed by atoms with Crippen molar-refractivity contribution in [1.82, 2.24) is 0 Å². The highest BCUT2D eigenvalue weighted by Crippen LogP contribution is 2.23. The van der Waals surface area contributed by atoms with E-state index in [1.165, 1.54) is 23.2 Å². The standard InChI is InChI=1S/C14H21NO/c1-10-5-4-6-14(11(10)2)15-12(3)13-7-8-16-9-13/h4-6,12-13,15H,7-9H2,1-3H3. The third-order valence-corrected chi connectivity index (χ3v) is 3.66. The minimum absolute atomic E-state index is 0.489. The summed E-state index contributed by atoms with van der Waals surface area (Å²) in [5, 5.41) is 3.61. The first-order valence-corrected chi connectivity index (χ1v) is 6.09. The van der Waals surface area contributed by atoms with E-state index in [0.29, 0.717) is 12.0 Å². The highest BCUT2D eigenvalue weighted by Gasteiger charge is 2.22. The molecule has 1 fully saturated rings. The molecule has 0 radical (unpaired) electrons. The summed E-state index contributed by atoms with van der Waals surface area (Å²) < 4.78 is 5.43. The van der Waals surface area contributed by atoms with Gasteiger partial charge in [-0.05, 0) is 44.4 Å². The van der Waals surface area contributed by atoms with Crippen LogP contribution in [0.15, 0.2) is 18.2 Å². The second kappa shape index (κ2) is 4.88. The molecule has 2 nitrogen and oxygen atoms in total. The molecule has 2 heteroatoms. The average molecular weight is 219 g/mol. The Kier molecular flexibility index (Phi) is 3.49. The molecule has 0 aromatic heterocycles. The zero-order chi connectivity index (χ0) is 11.5. The van der Waals surface area contributed by atoms with Crippen molar-refractivity contribution in [2.24, 2.45) is 5.92 Å². The van der Waals surface area contributed by atoms with Crippen molar-refractivity contribution in [2.45, 2.75) is 33.2 Å². The monoisotopic (exact) mass is 219 g/mol. The van der Waals surface area contributed by atoms with Crippen molar-refractivity contribution in [3.8, 4) is 0 Å². The summed E-state index contributed by atoms with van der Waals surface area (Å²) in [5.41, 5.74) is 3.97. The number of benzene rings is 1. The Hall–Kier alpha value is -1.02. The number of rotatable bonds is 3. The van der Waals surface area contributed by atoms with Gasteiger partial charge in [0.05, 0.1) is 6.61 Å². The molecule has 1 aliphatic heterocycles. The van der Waals surface area contributed by atoms with Crippen molar-refractivity contribution in [1.29, 1.82) is 0 Å². The van der Waals surface area contributed by atoms with Crippen LogP contribution in [-0.4, -0.2) is 19.3 Å². The Balaban J connectivity index is 2.05. The highest BCUT2D eigenvalue weighted by atomic mass is 16.5. The zero-order valence-corrected chi connectivity index (χ0v) is 10.4. The minimum Gasteiger partial charge on any atom is -0.382 e. The molecule has 0 saturated carbocycles. The van der Waals surface area contributed by atoms with E-state index in [1.54, 1.807) is 0 Å². The molecule has 2 unspecified atom stereocenters. The van der Waals surface area contributed by atoms with Gasteiger partial charge in [0.15, 0.2) is 0 Å². The van der Waals surface area contributed by atoms with E-state index >= 15 is 0 Å². The SMILES string of the molecule is Cc1cccc(NC(C)C2CCOC2)c1C. The van der Waals surface area contributed by atoms with Crippen molar-refractivity contribution in [3.63, 3.8) is 0 Å². The van der Waals surface area contributed by atoms with Crippen LogP contribution >= 0.6 is 0 Å². The molecule has 0 amide bonds. The minimum atomic E-state index is 0.489. The van der Waals surface area contributed by atoms with Gasteiger partial charge in [-0.1, -0.05) is 12.1 Å². The number of hydrogen-bond donors (Lipinski definition) is 1. The van der Waals surface area contributed by atoms with Gasteiger partial charge in [0.1, 0.15) is 0 Å².